The summed E-state index contributed by atoms with van der Waals surface area (Å²) in [6, 6.07) is 0. The molecule has 0 aromatic heterocycles. The van der Waals surface area contributed by atoms with Gasteiger partial charge in [-0.1, -0.05) is 6.92 Å². The van der Waals surface area contributed by atoms with Gasteiger partial charge in [0.05, 0.1) is 5.54 Å². The maximum Gasteiger partial charge on any atom is 0.166 e. The first-order chi connectivity index (χ1) is 13.6. The average molecular weight is 411 g/mol. The lowest BCUT2D eigenvalue weighted by Crippen LogP contribution is -2.68. The van der Waals surface area contributed by atoms with Crippen LogP contribution >= 0.6 is 12.2 Å². The molecule has 9 heteroatoms. The molecule has 3 heterocycles. The zero-order valence-corrected chi connectivity index (χ0v) is 18.0. The molecule has 0 atom stereocenters. The smallest absolute Gasteiger partial charge is 0.166 e. The zero-order valence-electron chi connectivity index (χ0n) is 17.2. The van der Waals surface area contributed by atoms with Gasteiger partial charge in [0.25, 0.3) is 0 Å². The molecule has 3 aliphatic rings. The van der Waals surface area contributed by atoms with E-state index in [1.807, 2.05) is 0 Å². The van der Waals surface area contributed by atoms with Crippen molar-refractivity contribution in [3.63, 3.8) is 0 Å². The van der Waals surface area contributed by atoms with Crippen molar-refractivity contribution in [3.05, 3.63) is 0 Å². The number of thiocarbonyl (C=S) groups is 1. The molecule has 0 aliphatic carbocycles. The van der Waals surface area contributed by atoms with Crippen LogP contribution in [-0.4, -0.2) is 76.5 Å². The molecule has 0 unspecified atom stereocenters. The second kappa shape index (κ2) is 12.5. The zero-order chi connectivity index (χ0) is 20.1. The molecule has 0 radical (unpaired) electrons. The number of unbranched alkanes of at least 4 members (excludes halogenated alkanes) is 2. The molecule has 160 valence electrons. The van der Waals surface area contributed by atoms with Gasteiger partial charge in [-0.05, 0) is 25.1 Å². The van der Waals surface area contributed by atoms with Crippen molar-refractivity contribution in [3.8, 4) is 12.3 Å². The molecule has 0 saturated carbocycles. The quantitative estimate of drug-likeness (QED) is 0.155. The fourth-order valence-corrected chi connectivity index (χ4v) is 3.93. The molecule has 8 nitrogen and oxygen atoms in total. The average Bonchev–Trinajstić information content (AvgIpc) is 2.65. The molecule has 3 rings (SSSR count). The molecule has 28 heavy (non-hydrogen) atoms. The topological polar surface area (TPSA) is 96.2 Å². The van der Waals surface area contributed by atoms with Crippen LogP contribution in [-0.2, 0) is 0 Å². The summed E-state index contributed by atoms with van der Waals surface area (Å²) < 4.78 is 0. The summed E-state index contributed by atoms with van der Waals surface area (Å²) in [6.07, 6.45) is 8.16. The van der Waals surface area contributed by atoms with Crippen LogP contribution in [0, 0.1) is 17.8 Å². The highest BCUT2D eigenvalue weighted by atomic mass is 32.1. The first-order valence-electron chi connectivity index (χ1n) is 10.3. The molecule has 0 spiro atoms. The number of rotatable bonds is 5. The van der Waals surface area contributed by atoms with Gasteiger partial charge in [-0.2, -0.15) is 0 Å². The van der Waals surface area contributed by atoms with Gasteiger partial charge < -0.3 is 42.5 Å². The Morgan fingerprint density at radius 2 is 1.39 bits per heavy atom. The van der Waals surface area contributed by atoms with Crippen molar-refractivity contribution in [1.82, 2.24) is 42.5 Å². The van der Waals surface area contributed by atoms with Gasteiger partial charge in [0.15, 0.2) is 5.11 Å². The van der Waals surface area contributed by atoms with Gasteiger partial charge in [0, 0.05) is 77.7 Å². The van der Waals surface area contributed by atoms with Crippen LogP contribution in [0.25, 0.3) is 0 Å². The standard InChI is InChI=1S/C19H38N8S/c1-3-4-5-6-7-26-17(28)27-19-11-23-14-20-8-18(2,9-21-15-24-12-19)10-22-16-25-13-19/h1,20-25H,4-16H2,2H3,(H2,26,27,28). The van der Waals surface area contributed by atoms with Crippen LogP contribution in [0.15, 0.2) is 0 Å². The summed E-state index contributed by atoms with van der Waals surface area (Å²) in [5.74, 6) is 2.68. The van der Waals surface area contributed by atoms with E-state index in [2.05, 4.69) is 55.4 Å². The van der Waals surface area contributed by atoms with Gasteiger partial charge >= 0.3 is 0 Å². The van der Waals surface area contributed by atoms with Gasteiger partial charge in [0.2, 0.25) is 0 Å². The second-order valence-electron chi connectivity index (χ2n) is 8.22. The molecule has 0 aromatic carbocycles. The number of fused-ring (bicyclic) bond motifs is 12. The fraction of sp³-hybridized carbons (Fsp3) is 0.842. The fourth-order valence-electron chi connectivity index (χ4n) is 3.61. The maximum atomic E-state index is 5.58. The van der Waals surface area contributed by atoms with Crippen molar-refractivity contribution < 1.29 is 0 Å². The largest absolute Gasteiger partial charge is 0.363 e. The second-order valence-corrected chi connectivity index (χ2v) is 8.63. The van der Waals surface area contributed by atoms with Gasteiger partial charge in [0.1, 0.15) is 0 Å². The predicted octanol–water partition coefficient (Wildman–Crippen LogP) is -1.56. The minimum atomic E-state index is -0.240. The Morgan fingerprint density at radius 1 is 0.893 bits per heavy atom. The summed E-state index contributed by atoms with van der Waals surface area (Å²) in [5, 5.41) is 28.9. The Labute approximate surface area is 175 Å². The number of hydrogen-bond acceptors (Lipinski definition) is 7. The summed E-state index contributed by atoms with van der Waals surface area (Å²) in [5.41, 5.74) is -0.0840. The highest BCUT2D eigenvalue weighted by Crippen LogP contribution is 2.13. The Balaban J connectivity index is 1.97. The van der Waals surface area contributed by atoms with Crippen molar-refractivity contribution >= 4 is 17.3 Å². The molecule has 3 saturated heterocycles. The Hall–Kier alpha value is -0.990. The van der Waals surface area contributed by atoms with Crippen LogP contribution in [0.5, 0.6) is 0 Å². The maximum absolute atomic E-state index is 5.58. The van der Waals surface area contributed by atoms with E-state index in [1.54, 1.807) is 0 Å². The van der Waals surface area contributed by atoms with Gasteiger partial charge in [-0.15, -0.1) is 12.3 Å². The third kappa shape index (κ3) is 8.57. The molecule has 2 bridgehead atoms. The molecular formula is C19H38N8S. The lowest BCUT2D eigenvalue weighted by molar-refractivity contribution is 0.233. The van der Waals surface area contributed by atoms with E-state index >= 15 is 0 Å². The lowest BCUT2D eigenvalue weighted by atomic mass is 9.90. The normalized spacial score (nSPS) is 29.9. The molecule has 0 aromatic rings. The predicted molar refractivity (Wildman–Crippen MR) is 120 cm³/mol. The van der Waals surface area contributed by atoms with E-state index in [4.69, 9.17) is 18.6 Å². The third-order valence-electron chi connectivity index (χ3n) is 5.21. The van der Waals surface area contributed by atoms with E-state index in [1.165, 1.54) is 0 Å². The minimum absolute atomic E-state index is 0.156. The first-order valence-corrected chi connectivity index (χ1v) is 10.7. The molecule has 3 fully saturated rings. The van der Waals surface area contributed by atoms with E-state index in [0.717, 1.165) is 85.1 Å². The number of nitrogens with one attached hydrogen (secondary N) is 8. The first kappa shape index (κ1) is 23.3. The number of hydrogen-bond donors (Lipinski definition) is 8. The van der Waals surface area contributed by atoms with Gasteiger partial charge in [-0.3, -0.25) is 0 Å². The van der Waals surface area contributed by atoms with Crippen molar-refractivity contribution in [1.29, 1.82) is 0 Å². The lowest BCUT2D eigenvalue weighted by Gasteiger charge is -2.39. The van der Waals surface area contributed by atoms with E-state index in [0.29, 0.717) is 5.11 Å². The van der Waals surface area contributed by atoms with E-state index in [9.17, 15) is 0 Å². The van der Waals surface area contributed by atoms with Crippen LogP contribution in [0.1, 0.15) is 26.2 Å². The molecule has 0 amide bonds. The Kier molecular flexibility index (Phi) is 10.4. The molecule has 8 N–H and O–H groups in total. The van der Waals surface area contributed by atoms with Crippen molar-refractivity contribution in [2.24, 2.45) is 5.41 Å². The summed E-state index contributed by atoms with van der Waals surface area (Å²) in [4.78, 5) is 0. The van der Waals surface area contributed by atoms with Crippen LogP contribution < -0.4 is 42.5 Å². The molecule has 3 aliphatic heterocycles. The van der Waals surface area contributed by atoms with Gasteiger partial charge in [-0.25, -0.2) is 0 Å². The monoisotopic (exact) mass is 410 g/mol. The highest BCUT2D eigenvalue weighted by Gasteiger charge is 2.32. The Bertz CT molecular complexity index is 468. The molecular weight excluding hydrogens is 372 g/mol. The van der Waals surface area contributed by atoms with Crippen LogP contribution in [0.3, 0.4) is 0 Å². The highest BCUT2D eigenvalue weighted by molar-refractivity contribution is 7.80. The third-order valence-corrected chi connectivity index (χ3v) is 5.45. The van der Waals surface area contributed by atoms with E-state index < -0.39 is 0 Å². The summed E-state index contributed by atoms with van der Waals surface area (Å²) >= 11 is 5.58. The van der Waals surface area contributed by atoms with Crippen LogP contribution in [0.2, 0.25) is 0 Å². The van der Waals surface area contributed by atoms with Crippen molar-refractivity contribution in [2.75, 3.05) is 65.8 Å². The minimum Gasteiger partial charge on any atom is -0.363 e. The number of terminal acetylenes is 1. The Morgan fingerprint density at radius 3 is 1.89 bits per heavy atom. The van der Waals surface area contributed by atoms with Crippen molar-refractivity contribution in [2.45, 2.75) is 31.7 Å². The summed E-state index contributed by atoms with van der Waals surface area (Å²) in [6.45, 7) is 10.6. The summed E-state index contributed by atoms with van der Waals surface area (Å²) in [7, 11) is 0. The SMILES string of the molecule is C#CCCCCNC(=S)NC12CNCNCC(C)(CNCNC1)CNCNC2. The van der Waals surface area contributed by atoms with Crippen LogP contribution in [0.4, 0.5) is 0 Å². The van der Waals surface area contributed by atoms with E-state index in [-0.39, 0.29) is 11.0 Å².